The number of amides is 1. The normalized spacial score (nSPS) is 14.3. The minimum atomic E-state index is -0.439. The predicted molar refractivity (Wildman–Crippen MR) is 138 cm³/mol. The number of halogens is 1. The lowest BCUT2D eigenvalue weighted by atomic mass is 9.91. The van der Waals surface area contributed by atoms with Crippen molar-refractivity contribution >= 4 is 39.3 Å². The van der Waals surface area contributed by atoms with E-state index >= 15 is 0 Å². The number of aryl methyl sites for hydroxylation is 1. The molecule has 1 atom stereocenters. The number of benzene rings is 1. The van der Waals surface area contributed by atoms with E-state index in [1.807, 2.05) is 13.8 Å². The molecule has 1 aliphatic rings. The first-order chi connectivity index (χ1) is 17.8. The van der Waals surface area contributed by atoms with Crippen molar-refractivity contribution in [3.63, 3.8) is 0 Å². The third-order valence-corrected chi connectivity index (χ3v) is 7.21. The van der Waals surface area contributed by atoms with Crippen LogP contribution in [0.5, 0.6) is 5.75 Å². The fourth-order valence-electron chi connectivity index (χ4n) is 4.27. The molecule has 190 valence electrons. The lowest BCUT2D eigenvalue weighted by Crippen LogP contribution is -2.50. The first-order valence-electron chi connectivity index (χ1n) is 11.8. The first kappa shape index (κ1) is 24.7. The van der Waals surface area contributed by atoms with E-state index < -0.39 is 5.82 Å². The highest BCUT2D eigenvalue weighted by Gasteiger charge is 2.35. The van der Waals surface area contributed by atoms with Crippen LogP contribution in [0.1, 0.15) is 50.8 Å². The second-order valence-electron chi connectivity index (χ2n) is 9.02. The number of nitrogens with zero attached hydrogens (tertiary/aromatic N) is 5. The Morgan fingerprint density at radius 3 is 2.78 bits per heavy atom. The molecule has 1 saturated heterocycles. The van der Waals surface area contributed by atoms with Crippen molar-refractivity contribution in [3.8, 4) is 5.75 Å². The molecule has 0 bridgehead atoms. The van der Waals surface area contributed by atoms with Crippen molar-refractivity contribution in [2.75, 3.05) is 25.5 Å². The number of aromatic nitrogens is 4. The van der Waals surface area contributed by atoms with Gasteiger partial charge in [0.15, 0.2) is 17.1 Å². The van der Waals surface area contributed by atoms with Crippen LogP contribution in [-0.2, 0) is 0 Å². The van der Waals surface area contributed by atoms with Crippen molar-refractivity contribution < 1.29 is 18.7 Å². The highest BCUT2D eigenvalue weighted by Crippen LogP contribution is 2.30. The summed E-state index contributed by atoms with van der Waals surface area (Å²) in [6, 6.07) is 8.11. The number of anilines is 1. The molecule has 37 heavy (non-hydrogen) atoms. The van der Waals surface area contributed by atoms with Crippen LogP contribution in [0, 0.1) is 18.7 Å². The number of methoxy groups -OCH3 is 1. The van der Waals surface area contributed by atoms with E-state index in [4.69, 9.17) is 4.74 Å². The molecule has 4 heterocycles. The van der Waals surface area contributed by atoms with Crippen LogP contribution >= 0.6 is 11.3 Å². The molecule has 1 fully saturated rings. The van der Waals surface area contributed by atoms with E-state index in [0.29, 0.717) is 46.7 Å². The molecule has 0 radical (unpaired) electrons. The Morgan fingerprint density at radius 1 is 1.22 bits per heavy atom. The maximum Gasteiger partial charge on any atom is 0.274 e. The highest BCUT2D eigenvalue weighted by atomic mass is 32.1. The monoisotopic (exact) mass is 520 g/mol. The van der Waals surface area contributed by atoms with Crippen LogP contribution in [0.15, 0.2) is 42.7 Å². The van der Waals surface area contributed by atoms with Gasteiger partial charge in [0.05, 0.1) is 24.4 Å². The first-order valence-corrected chi connectivity index (χ1v) is 12.6. The number of hydrogen-bond donors (Lipinski definition) is 1. The number of thiazole rings is 1. The van der Waals surface area contributed by atoms with Gasteiger partial charge < -0.3 is 15.0 Å². The summed E-state index contributed by atoms with van der Waals surface area (Å²) in [7, 11) is 1.56. The molecule has 0 saturated carbocycles. The summed E-state index contributed by atoms with van der Waals surface area (Å²) in [6.07, 6.45) is 3.05. The number of ether oxygens (including phenoxy) is 1. The number of pyridine rings is 1. The molecule has 11 heteroatoms. The zero-order valence-electron chi connectivity index (χ0n) is 20.6. The second-order valence-corrected chi connectivity index (χ2v) is 10.2. The number of carbonyl (C=O) groups is 2. The van der Waals surface area contributed by atoms with Gasteiger partial charge in [-0.3, -0.25) is 14.6 Å². The highest BCUT2D eigenvalue weighted by molar-refractivity contribution is 7.18. The van der Waals surface area contributed by atoms with Crippen molar-refractivity contribution in [1.29, 1.82) is 0 Å². The average Bonchev–Trinajstić information content (AvgIpc) is 3.24. The van der Waals surface area contributed by atoms with Gasteiger partial charge in [0, 0.05) is 37.2 Å². The zero-order chi connectivity index (χ0) is 26.1. The van der Waals surface area contributed by atoms with Crippen LogP contribution < -0.4 is 10.1 Å². The largest absolute Gasteiger partial charge is 0.497 e. The molecular formula is C26H25FN6O3S. The van der Waals surface area contributed by atoms with Crippen molar-refractivity contribution in [2.45, 2.75) is 26.3 Å². The number of carbonyl (C=O) groups excluding carboxylic acids is 2. The Balaban J connectivity index is 1.30. The van der Waals surface area contributed by atoms with Crippen LogP contribution in [-0.4, -0.2) is 56.7 Å². The average molecular weight is 521 g/mol. The predicted octanol–water partition coefficient (Wildman–Crippen LogP) is 4.46. The van der Waals surface area contributed by atoms with Gasteiger partial charge in [-0.2, -0.15) is 4.98 Å². The van der Waals surface area contributed by atoms with Gasteiger partial charge in [-0.05, 0) is 37.6 Å². The zero-order valence-corrected chi connectivity index (χ0v) is 21.4. The SMILES string of the molecule is COc1cccc(C(=O)CC2CN(C(=O)c3nc(NC(C)c4cncc(F)c4)nc4nc(C)sc34)C2)c1. The van der Waals surface area contributed by atoms with Gasteiger partial charge in [0.1, 0.15) is 16.3 Å². The van der Waals surface area contributed by atoms with Crippen LogP contribution in [0.3, 0.4) is 0 Å². The van der Waals surface area contributed by atoms with Gasteiger partial charge in [0.25, 0.3) is 5.91 Å². The van der Waals surface area contributed by atoms with Gasteiger partial charge in [-0.1, -0.05) is 12.1 Å². The van der Waals surface area contributed by atoms with Gasteiger partial charge in [-0.15, -0.1) is 11.3 Å². The number of ketones is 1. The summed E-state index contributed by atoms with van der Waals surface area (Å²) in [5.74, 6) is 0.279. The van der Waals surface area contributed by atoms with Crippen LogP contribution in [0.25, 0.3) is 10.3 Å². The van der Waals surface area contributed by atoms with E-state index in [9.17, 15) is 14.0 Å². The summed E-state index contributed by atoms with van der Waals surface area (Å²) < 4.78 is 19.4. The summed E-state index contributed by atoms with van der Waals surface area (Å²) in [6.45, 7) is 4.60. The molecule has 0 spiro atoms. The van der Waals surface area contributed by atoms with E-state index in [-0.39, 0.29) is 35.3 Å². The van der Waals surface area contributed by atoms with E-state index in [1.165, 1.54) is 17.4 Å². The maximum atomic E-state index is 13.6. The number of hydrogen-bond acceptors (Lipinski definition) is 9. The molecule has 3 aromatic heterocycles. The number of fused-ring (bicyclic) bond motifs is 1. The summed E-state index contributed by atoms with van der Waals surface area (Å²) >= 11 is 1.36. The molecule has 1 unspecified atom stereocenters. The number of likely N-dealkylation sites (tertiary alicyclic amines) is 1. The van der Waals surface area contributed by atoms with Crippen LogP contribution in [0.4, 0.5) is 10.3 Å². The number of rotatable bonds is 8. The van der Waals surface area contributed by atoms with E-state index in [1.54, 1.807) is 42.5 Å². The molecule has 4 aromatic rings. The van der Waals surface area contributed by atoms with E-state index in [2.05, 4.69) is 25.3 Å². The minimum Gasteiger partial charge on any atom is -0.497 e. The molecule has 1 amide bonds. The van der Waals surface area contributed by atoms with Gasteiger partial charge in [0.2, 0.25) is 5.95 Å². The Bertz CT molecular complexity index is 1490. The fourth-order valence-corrected chi connectivity index (χ4v) is 5.11. The number of nitrogens with one attached hydrogen (secondary N) is 1. The Hall–Kier alpha value is -3.99. The number of Topliss-reactive ketones (excluding diaryl/α,β-unsaturated/α-hetero) is 1. The third kappa shape index (κ3) is 5.26. The minimum absolute atomic E-state index is 0.0193. The molecule has 5 rings (SSSR count). The molecule has 1 aromatic carbocycles. The molecular weight excluding hydrogens is 495 g/mol. The Morgan fingerprint density at radius 2 is 2.03 bits per heavy atom. The Kier molecular flexibility index (Phi) is 6.79. The Labute approximate surface area is 216 Å². The standard InChI is InChI=1S/C26H25FN6O3S/c1-14(18-8-19(27)11-28-10-18)29-26-31-22(23-24(32-26)30-15(2)37-23)25(35)33-12-16(13-33)7-21(34)17-5-4-6-20(9-17)36-3/h4-6,8-11,14,16H,7,12-13H2,1-3H3,(H,29,31,32). The van der Waals surface area contributed by atoms with Gasteiger partial charge >= 0.3 is 0 Å². The fraction of sp³-hybridized carbons (Fsp3) is 0.308. The molecule has 9 nitrogen and oxygen atoms in total. The van der Waals surface area contributed by atoms with Gasteiger partial charge in [-0.25, -0.2) is 14.4 Å². The lowest BCUT2D eigenvalue weighted by molar-refractivity contribution is 0.0466. The summed E-state index contributed by atoms with van der Waals surface area (Å²) in [5.41, 5.74) is 1.91. The van der Waals surface area contributed by atoms with Crippen molar-refractivity contribution in [3.05, 3.63) is 70.4 Å². The summed E-state index contributed by atoms with van der Waals surface area (Å²) in [4.78, 5) is 45.1. The molecule has 1 aliphatic heterocycles. The summed E-state index contributed by atoms with van der Waals surface area (Å²) in [5, 5.41) is 3.90. The lowest BCUT2D eigenvalue weighted by Gasteiger charge is -2.38. The third-order valence-electron chi connectivity index (χ3n) is 6.25. The molecule has 0 aliphatic carbocycles. The van der Waals surface area contributed by atoms with Crippen molar-refractivity contribution in [2.24, 2.45) is 5.92 Å². The smallest absolute Gasteiger partial charge is 0.274 e. The van der Waals surface area contributed by atoms with Crippen molar-refractivity contribution in [1.82, 2.24) is 24.8 Å². The van der Waals surface area contributed by atoms with Crippen LogP contribution in [0.2, 0.25) is 0 Å². The quantitative estimate of drug-likeness (QED) is 0.339. The maximum absolute atomic E-state index is 13.6. The topological polar surface area (TPSA) is 110 Å². The van der Waals surface area contributed by atoms with E-state index in [0.717, 1.165) is 11.2 Å². The molecule has 1 N–H and O–H groups in total. The second kappa shape index (κ2) is 10.2.